The van der Waals surface area contributed by atoms with Crippen LogP contribution in [-0.4, -0.2) is 53.1 Å². The Hall–Kier alpha value is -2.45. The number of fused-ring (bicyclic) bond motifs is 2. The molecule has 0 fully saturated rings. The molecule has 7 heteroatoms. The number of carbonyl (C=O) groups excluding carboxylic acids is 1. The second-order valence-electron chi connectivity index (χ2n) is 8.72. The smallest absolute Gasteiger partial charge is 0.261 e. The van der Waals surface area contributed by atoms with E-state index in [1.54, 1.807) is 17.6 Å². The predicted molar refractivity (Wildman–Crippen MR) is 125 cm³/mol. The fourth-order valence-corrected chi connectivity index (χ4v) is 5.71. The lowest BCUT2D eigenvalue weighted by atomic mass is 10.00. The minimum atomic E-state index is -0.581. The predicted octanol–water partition coefficient (Wildman–Crippen LogP) is 3.05. The SMILES string of the molecule is O=C(NCC(O)CN1CCc2ccccc2C1)c1cc2c(s1)CCN(Cc1ccco1)C2. The largest absolute Gasteiger partial charge is 0.468 e. The molecule has 2 aromatic heterocycles. The zero-order chi connectivity index (χ0) is 21.9. The van der Waals surface area contributed by atoms with Crippen molar-refractivity contribution in [2.75, 3.05) is 26.2 Å². The van der Waals surface area contributed by atoms with Crippen LogP contribution >= 0.6 is 11.3 Å². The highest BCUT2D eigenvalue weighted by molar-refractivity contribution is 7.14. The van der Waals surface area contributed by atoms with E-state index in [-0.39, 0.29) is 12.5 Å². The van der Waals surface area contributed by atoms with E-state index >= 15 is 0 Å². The average molecular weight is 452 g/mol. The van der Waals surface area contributed by atoms with Crippen molar-refractivity contribution < 1.29 is 14.3 Å². The van der Waals surface area contributed by atoms with Crippen LogP contribution in [0.3, 0.4) is 0 Å². The summed E-state index contributed by atoms with van der Waals surface area (Å²) in [5.41, 5.74) is 3.96. The lowest BCUT2D eigenvalue weighted by Gasteiger charge is -2.30. The van der Waals surface area contributed by atoms with E-state index in [0.29, 0.717) is 6.54 Å². The van der Waals surface area contributed by atoms with Crippen LogP contribution in [-0.2, 0) is 32.5 Å². The van der Waals surface area contributed by atoms with Crippen molar-refractivity contribution in [2.24, 2.45) is 0 Å². The van der Waals surface area contributed by atoms with Gasteiger partial charge < -0.3 is 14.8 Å². The molecule has 1 atom stereocenters. The number of hydrogen-bond donors (Lipinski definition) is 2. The van der Waals surface area contributed by atoms with Gasteiger partial charge in [0.05, 0.1) is 23.8 Å². The third-order valence-electron chi connectivity index (χ3n) is 6.31. The maximum Gasteiger partial charge on any atom is 0.261 e. The van der Waals surface area contributed by atoms with Crippen LogP contribution in [0.5, 0.6) is 0 Å². The van der Waals surface area contributed by atoms with Gasteiger partial charge in [-0.05, 0) is 47.7 Å². The van der Waals surface area contributed by atoms with Gasteiger partial charge in [0, 0.05) is 44.1 Å². The molecule has 32 heavy (non-hydrogen) atoms. The molecular weight excluding hydrogens is 422 g/mol. The van der Waals surface area contributed by atoms with Gasteiger partial charge >= 0.3 is 0 Å². The molecule has 0 radical (unpaired) electrons. The molecule has 4 heterocycles. The number of benzene rings is 1. The molecule has 168 valence electrons. The molecule has 0 bridgehead atoms. The zero-order valence-corrected chi connectivity index (χ0v) is 18.9. The lowest BCUT2D eigenvalue weighted by Crippen LogP contribution is -2.41. The highest BCUT2D eigenvalue weighted by atomic mass is 32.1. The second-order valence-corrected chi connectivity index (χ2v) is 9.85. The molecule has 0 saturated carbocycles. The van der Waals surface area contributed by atoms with Crippen LogP contribution in [0.2, 0.25) is 0 Å². The number of nitrogens with one attached hydrogen (secondary N) is 1. The fourth-order valence-electron chi connectivity index (χ4n) is 4.63. The van der Waals surface area contributed by atoms with E-state index in [4.69, 9.17) is 4.42 Å². The average Bonchev–Trinajstić information content (AvgIpc) is 3.47. The quantitative estimate of drug-likeness (QED) is 0.578. The summed E-state index contributed by atoms with van der Waals surface area (Å²) in [5.74, 6) is 0.873. The summed E-state index contributed by atoms with van der Waals surface area (Å²) in [4.78, 5) is 19.3. The van der Waals surface area contributed by atoms with E-state index in [9.17, 15) is 9.90 Å². The summed E-state index contributed by atoms with van der Waals surface area (Å²) >= 11 is 1.58. The van der Waals surface area contributed by atoms with Gasteiger partial charge in [-0.25, -0.2) is 0 Å². The number of thiophene rings is 1. The Morgan fingerprint density at radius 1 is 1.06 bits per heavy atom. The van der Waals surface area contributed by atoms with Gasteiger partial charge in [0.25, 0.3) is 5.91 Å². The number of β-amino-alcohol motifs (C(OH)–C–C–N with tert-alkyl or cyclic N) is 1. The van der Waals surface area contributed by atoms with E-state index in [2.05, 4.69) is 39.4 Å². The van der Waals surface area contributed by atoms with Gasteiger partial charge in [-0.1, -0.05) is 24.3 Å². The zero-order valence-electron chi connectivity index (χ0n) is 18.1. The molecule has 5 rings (SSSR count). The minimum absolute atomic E-state index is 0.0926. The van der Waals surface area contributed by atoms with Gasteiger partial charge in [0.15, 0.2) is 0 Å². The number of aliphatic hydroxyl groups is 1. The number of carbonyl (C=O) groups is 1. The van der Waals surface area contributed by atoms with Gasteiger partial charge in [-0.3, -0.25) is 14.6 Å². The van der Waals surface area contributed by atoms with Gasteiger partial charge in [-0.15, -0.1) is 11.3 Å². The summed E-state index contributed by atoms with van der Waals surface area (Å²) in [7, 11) is 0. The molecule has 1 unspecified atom stereocenters. The van der Waals surface area contributed by atoms with Crippen LogP contribution < -0.4 is 5.32 Å². The lowest BCUT2D eigenvalue weighted by molar-refractivity contribution is 0.0845. The maximum atomic E-state index is 12.7. The first-order valence-electron chi connectivity index (χ1n) is 11.3. The summed E-state index contributed by atoms with van der Waals surface area (Å²) in [6.07, 6.45) is 3.08. The first-order chi connectivity index (χ1) is 15.6. The monoisotopic (exact) mass is 451 g/mol. The normalized spacial score (nSPS) is 17.5. The Morgan fingerprint density at radius 3 is 2.72 bits per heavy atom. The van der Waals surface area contributed by atoms with E-state index in [0.717, 1.165) is 56.2 Å². The van der Waals surface area contributed by atoms with E-state index in [1.165, 1.54) is 21.6 Å². The van der Waals surface area contributed by atoms with Crippen molar-refractivity contribution in [1.82, 2.24) is 15.1 Å². The minimum Gasteiger partial charge on any atom is -0.468 e. The Labute approximate surface area is 192 Å². The van der Waals surface area contributed by atoms with Crippen molar-refractivity contribution in [3.05, 3.63) is 80.9 Å². The van der Waals surface area contributed by atoms with Crippen LogP contribution in [0, 0.1) is 0 Å². The standard InChI is InChI=1S/C25H29N3O3S/c29-21(16-27-9-7-18-4-1-2-5-19(18)14-27)13-26-25(30)24-12-20-15-28(10-8-23(20)32-24)17-22-6-3-11-31-22/h1-6,11-12,21,29H,7-10,13-17H2,(H,26,30). The molecule has 2 aliphatic heterocycles. The van der Waals surface area contributed by atoms with Crippen molar-refractivity contribution in [2.45, 2.75) is 38.6 Å². The van der Waals surface area contributed by atoms with Crippen molar-refractivity contribution in [3.8, 4) is 0 Å². The Balaban J connectivity index is 1.11. The molecule has 2 aliphatic rings. The molecule has 0 spiro atoms. The Kier molecular flexibility index (Phi) is 6.41. The second kappa shape index (κ2) is 9.58. The molecular formula is C25H29N3O3S. The molecule has 0 aliphatic carbocycles. The maximum absolute atomic E-state index is 12.7. The third-order valence-corrected chi connectivity index (χ3v) is 7.54. The molecule has 1 amide bonds. The number of hydrogen-bond acceptors (Lipinski definition) is 6. The van der Waals surface area contributed by atoms with Crippen molar-refractivity contribution in [3.63, 3.8) is 0 Å². The molecule has 3 aromatic rings. The van der Waals surface area contributed by atoms with E-state index < -0.39 is 6.10 Å². The highest BCUT2D eigenvalue weighted by Crippen LogP contribution is 2.29. The van der Waals surface area contributed by atoms with Crippen molar-refractivity contribution in [1.29, 1.82) is 0 Å². The van der Waals surface area contributed by atoms with Crippen molar-refractivity contribution >= 4 is 17.2 Å². The van der Waals surface area contributed by atoms with Crippen LogP contribution in [0.25, 0.3) is 0 Å². The number of nitrogens with zero attached hydrogens (tertiary/aromatic N) is 2. The first-order valence-corrected chi connectivity index (χ1v) is 12.1. The summed E-state index contributed by atoms with van der Waals surface area (Å²) in [6.45, 7) is 5.21. The summed E-state index contributed by atoms with van der Waals surface area (Å²) in [6, 6.07) is 14.4. The van der Waals surface area contributed by atoms with Gasteiger partial charge in [0.1, 0.15) is 5.76 Å². The third kappa shape index (κ3) is 4.96. The van der Waals surface area contributed by atoms with Crippen LogP contribution in [0.4, 0.5) is 0 Å². The molecule has 0 saturated heterocycles. The topological polar surface area (TPSA) is 69.0 Å². The number of furan rings is 1. The number of rotatable bonds is 7. The molecule has 2 N–H and O–H groups in total. The first kappa shape index (κ1) is 21.4. The number of aliphatic hydroxyl groups excluding tert-OH is 1. The molecule has 1 aromatic carbocycles. The number of amides is 1. The summed E-state index contributed by atoms with van der Waals surface area (Å²) in [5, 5.41) is 13.4. The van der Waals surface area contributed by atoms with Crippen LogP contribution in [0.1, 0.15) is 37.0 Å². The highest BCUT2D eigenvalue weighted by Gasteiger charge is 2.23. The molecule has 6 nitrogen and oxygen atoms in total. The van der Waals surface area contributed by atoms with Gasteiger partial charge in [0.2, 0.25) is 0 Å². The Morgan fingerprint density at radius 2 is 1.88 bits per heavy atom. The fraction of sp³-hybridized carbons (Fsp3) is 0.400. The Bertz CT molecular complexity index is 1060. The van der Waals surface area contributed by atoms with E-state index in [1.807, 2.05) is 18.2 Å². The van der Waals surface area contributed by atoms with Gasteiger partial charge in [-0.2, -0.15) is 0 Å². The van der Waals surface area contributed by atoms with Crippen LogP contribution in [0.15, 0.2) is 53.1 Å². The summed E-state index contributed by atoms with van der Waals surface area (Å²) < 4.78 is 5.46.